The molecule has 3 aromatic rings. The van der Waals surface area contributed by atoms with Crippen molar-refractivity contribution < 1.29 is 9.90 Å². The molecule has 1 aromatic heterocycles. The molecule has 1 heterocycles. The average molecular weight is 399 g/mol. The molecule has 0 aliphatic heterocycles. The molecule has 0 atom stereocenters. The number of thioether (sulfide) groups is 1. The Bertz CT molecular complexity index is 938. The highest BCUT2D eigenvalue weighted by Crippen LogP contribution is 2.25. The fourth-order valence-corrected chi connectivity index (χ4v) is 3.54. The Kier molecular flexibility index (Phi) is 6.32. The minimum Gasteiger partial charge on any atom is -0.545 e. The summed E-state index contributed by atoms with van der Waals surface area (Å²) in [7, 11) is 1.95. The molecule has 0 bridgehead atoms. The molecule has 5 nitrogen and oxygen atoms in total. The molecule has 0 saturated heterocycles. The van der Waals surface area contributed by atoms with Crippen LogP contribution < -0.4 is 10.0 Å². The third-order valence-corrected chi connectivity index (χ3v) is 4.96. The lowest BCUT2D eigenvalue weighted by atomic mass is 10.1. The molecule has 7 heteroatoms. The normalized spacial score (nSPS) is 10.6. The molecular formula is C20H17ClN3O2S-. The van der Waals surface area contributed by atoms with E-state index in [1.165, 1.54) is 23.4 Å². The number of carboxylic acids is 1. The van der Waals surface area contributed by atoms with Crippen LogP contribution in [0.4, 0.5) is 5.82 Å². The minimum absolute atomic E-state index is 0.156. The first-order valence-corrected chi connectivity index (χ1v) is 9.60. The molecule has 27 heavy (non-hydrogen) atoms. The molecule has 0 fully saturated rings. The summed E-state index contributed by atoms with van der Waals surface area (Å²) in [6.07, 6.45) is 0. The second-order valence-corrected chi connectivity index (χ2v) is 7.28. The summed E-state index contributed by atoms with van der Waals surface area (Å²) in [6.45, 7) is 0.700. The summed E-state index contributed by atoms with van der Waals surface area (Å²) >= 11 is 7.57. The van der Waals surface area contributed by atoms with Crippen LogP contribution in [0.5, 0.6) is 0 Å². The van der Waals surface area contributed by atoms with Crippen LogP contribution in [0.3, 0.4) is 0 Å². The quantitative estimate of drug-likeness (QED) is 0.345. The van der Waals surface area contributed by atoms with E-state index in [1.54, 1.807) is 18.2 Å². The van der Waals surface area contributed by atoms with Crippen LogP contribution in [-0.4, -0.2) is 23.0 Å². The van der Waals surface area contributed by atoms with Crippen LogP contribution in [0.15, 0.2) is 65.8 Å². The van der Waals surface area contributed by atoms with Gasteiger partial charge in [0.25, 0.3) is 0 Å². The number of carboxylic acid groups (broad SMARTS) is 1. The first kappa shape index (κ1) is 19.2. The molecule has 2 aromatic carbocycles. The summed E-state index contributed by atoms with van der Waals surface area (Å²) in [5.41, 5.74) is 2.18. The monoisotopic (exact) mass is 398 g/mol. The number of benzene rings is 2. The van der Waals surface area contributed by atoms with Gasteiger partial charge in [0.05, 0.1) is 5.97 Å². The van der Waals surface area contributed by atoms with Crippen molar-refractivity contribution in [3.63, 3.8) is 0 Å². The van der Waals surface area contributed by atoms with Gasteiger partial charge in [0, 0.05) is 25.4 Å². The molecule has 0 radical (unpaired) electrons. The molecule has 3 rings (SSSR count). The predicted octanol–water partition coefficient (Wildman–Crippen LogP) is 3.42. The van der Waals surface area contributed by atoms with Gasteiger partial charge in [-0.25, -0.2) is 9.97 Å². The summed E-state index contributed by atoms with van der Waals surface area (Å²) in [6, 6.07) is 18.5. The fourth-order valence-electron chi connectivity index (χ4n) is 2.52. The maximum atomic E-state index is 11.0. The van der Waals surface area contributed by atoms with E-state index in [4.69, 9.17) is 11.6 Å². The topological polar surface area (TPSA) is 69.2 Å². The van der Waals surface area contributed by atoms with E-state index in [9.17, 15) is 9.90 Å². The molecule has 0 aliphatic rings. The number of rotatable bonds is 7. The van der Waals surface area contributed by atoms with Gasteiger partial charge in [0.15, 0.2) is 5.16 Å². The third kappa shape index (κ3) is 5.45. The van der Waals surface area contributed by atoms with Gasteiger partial charge in [-0.05, 0) is 22.8 Å². The number of hydrogen-bond donors (Lipinski definition) is 0. The number of aromatic carboxylic acids is 1. The second-order valence-electron chi connectivity index (χ2n) is 5.95. The standard InChI is InChI=1S/C20H18ClN3O2S/c1-24(12-14-6-3-2-4-7-14)18-11-17(21)22-20(23-18)27-13-15-8-5-9-16(10-15)19(25)26/h2-11H,12-13H2,1H3,(H,25,26)/p-1. The van der Waals surface area contributed by atoms with Crippen molar-refractivity contribution in [1.82, 2.24) is 9.97 Å². The zero-order valence-electron chi connectivity index (χ0n) is 14.6. The average Bonchev–Trinajstić information content (AvgIpc) is 2.67. The summed E-state index contributed by atoms with van der Waals surface area (Å²) < 4.78 is 0. The molecule has 0 saturated carbocycles. The summed E-state index contributed by atoms with van der Waals surface area (Å²) in [4.78, 5) is 21.8. The minimum atomic E-state index is -1.19. The largest absolute Gasteiger partial charge is 0.545 e. The van der Waals surface area contributed by atoms with Gasteiger partial charge in [-0.1, -0.05) is 71.9 Å². The van der Waals surface area contributed by atoms with Gasteiger partial charge in [-0.2, -0.15) is 0 Å². The molecular weight excluding hydrogens is 382 g/mol. The second kappa shape index (κ2) is 8.88. The van der Waals surface area contributed by atoms with Gasteiger partial charge >= 0.3 is 0 Å². The van der Waals surface area contributed by atoms with Crippen molar-refractivity contribution in [2.45, 2.75) is 17.5 Å². The molecule has 0 N–H and O–H groups in total. The van der Waals surface area contributed by atoms with E-state index in [-0.39, 0.29) is 5.56 Å². The Labute approximate surface area is 167 Å². The lowest BCUT2D eigenvalue weighted by Gasteiger charge is -2.19. The first-order valence-electron chi connectivity index (χ1n) is 8.24. The van der Waals surface area contributed by atoms with Crippen molar-refractivity contribution in [3.05, 3.63) is 82.5 Å². The Morgan fingerprint density at radius 3 is 2.56 bits per heavy atom. The van der Waals surface area contributed by atoms with Crippen LogP contribution in [0.2, 0.25) is 5.15 Å². The lowest BCUT2D eigenvalue weighted by molar-refractivity contribution is -0.255. The maximum absolute atomic E-state index is 11.0. The van der Waals surface area contributed by atoms with E-state index in [0.717, 1.165) is 11.4 Å². The number of carbonyl (C=O) groups excluding carboxylic acids is 1. The third-order valence-electron chi connectivity index (χ3n) is 3.85. The highest BCUT2D eigenvalue weighted by atomic mass is 35.5. The lowest BCUT2D eigenvalue weighted by Crippen LogP contribution is -2.22. The highest BCUT2D eigenvalue weighted by molar-refractivity contribution is 7.98. The Hall–Kier alpha value is -2.57. The zero-order chi connectivity index (χ0) is 19.2. The van der Waals surface area contributed by atoms with Crippen molar-refractivity contribution in [2.24, 2.45) is 0 Å². The van der Waals surface area contributed by atoms with Gasteiger partial charge in [0.1, 0.15) is 11.0 Å². The predicted molar refractivity (Wildman–Crippen MR) is 106 cm³/mol. The van der Waals surface area contributed by atoms with Crippen molar-refractivity contribution in [3.8, 4) is 0 Å². The van der Waals surface area contributed by atoms with E-state index < -0.39 is 5.97 Å². The summed E-state index contributed by atoms with van der Waals surface area (Å²) in [5, 5.41) is 11.9. The van der Waals surface area contributed by atoms with Gasteiger partial charge in [0.2, 0.25) is 0 Å². The van der Waals surface area contributed by atoms with E-state index >= 15 is 0 Å². The smallest absolute Gasteiger partial charge is 0.191 e. The van der Waals surface area contributed by atoms with E-state index in [0.29, 0.717) is 22.6 Å². The van der Waals surface area contributed by atoms with Crippen LogP contribution in [0, 0.1) is 0 Å². The van der Waals surface area contributed by atoms with Gasteiger partial charge in [-0.15, -0.1) is 0 Å². The van der Waals surface area contributed by atoms with Crippen molar-refractivity contribution in [1.29, 1.82) is 0 Å². The molecule has 0 amide bonds. The van der Waals surface area contributed by atoms with Crippen LogP contribution >= 0.6 is 23.4 Å². The number of halogens is 1. The Morgan fingerprint density at radius 2 is 1.81 bits per heavy atom. The van der Waals surface area contributed by atoms with Crippen LogP contribution in [-0.2, 0) is 12.3 Å². The van der Waals surface area contributed by atoms with Crippen molar-refractivity contribution in [2.75, 3.05) is 11.9 Å². The number of nitrogens with zero attached hydrogens (tertiary/aromatic N) is 3. The summed E-state index contributed by atoms with van der Waals surface area (Å²) in [5.74, 6) is 0.0686. The SMILES string of the molecule is CN(Cc1ccccc1)c1cc(Cl)nc(SCc2cccc(C(=O)[O-])c2)n1. The van der Waals surface area contributed by atoms with Gasteiger partial charge < -0.3 is 14.8 Å². The van der Waals surface area contributed by atoms with Crippen molar-refractivity contribution >= 4 is 35.1 Å². The maximum Gasteiger partial charge on any atom is 0.191 e. The molecule has 0 aliphatic carbocycles. The molecule has 138 valence electrons. The Morgan fingerprint density at radius 1 is 1.07 bits per heavy atom. The Balaban J connectivity index is 1.71. The van der Waals surface area contributed by atoms with Crippen LogP contribution in [0.25, 0.3) is 0 Å². The molecule has 0 unspecified atom stereocenters. The first-order chi connectivity index (χ1) is 13.0. The van der Waals surface area contributed by atoms with E-state index in [1.807, 2.05) is 36.2 Å². The highest BCUT2D eigenvalue weighted by Gasteiger charge is 2.09. The number of anilines is 1. The number of hydrogen-bond acceptors (Lipinski definition) is 6. The number of aromatic nitrogens is 2. The fraction of sp³-hybridized carbons (Fsp3) is 0.150. The molecule has 0 spiro atoms. The zero-order valence-corrected chi connectivity index (χ0v) is 16.2. The van der Waals surface area contributed by atoms with Gasteiger partial charge in [-0.3, -0.25) is 0 Å². The number of carbonyl (C=O) groups is 1. The van der Waals surface area contributed by atoms with Crippen LogP contribution in [0.1, 0.15) is 21.5 Å². The van der Waals surface area contributed by atoms with E-state index in [2.05, 4.69) is 22.1 Å².